The van der Waals surface area contributed by atoms with E-state index in [0.29, 0.717) is 17.1 Å². The van der Waals surface area contributed by atoms with Crippen molar-refractivity contribution >= 4 is 17.5 Å². The highest BCUT2D eigenvalue weighted by molar-refractivity contribution is 6.30. The summed E-state index contributed by atoms with van der Waals surface area (Å²) in [5, 5.41) is 10.3. The molecule has 4 nitrogen and oxygen atoms in total. The molecule has 1 fully saturated rings. The summed E-state index contributed by atoms with van der Waals surface area (Å²) < 4.78 is 13.0. The Hall–Kier alpha value is -1.85. The topological polar surface area (TPSA) is 56.3 Å². The summed E-state index contributed by atoms with van der Waals surface area (Å²) in [7, 11) is 0. The SMILES string of the molecule is O=C(c1cc(Cl)c[nH]1)N1C[C@H](O)C[C@@H]1c1ccc(F)cc1. The molecule has 1 aliphatic heterocycles. The fourth-order valence-electron chi connectivity index (χ4n) is 2.69. The van der Waals surface area contributed by atoms with Crippen molar-refractivity contribution in [1.82, 2.24) is 9.88 Å². The Labute approximate surface area is 126 Å². The van der Waals surface area contributed by atoms with Crippen LogP contribution in [0.15, 0.2) is 36.5 Å². The van der Waals surface area contributed by atoms with Gasteiger partial charge in [0.25, 0.3) is 5.91 Å². The second-order valence-electron chi connectivity index (χ2n) is 5.15. The van der Waals surface area contributed by atoms with Gasteiger partial charge in [-0.1, -0.05) is 23.7 Å². The summed E-state index contributed by atoms with van der Waals surface area (Å²) in [6.45, 7) is 0.248. The lowest BCUT2D eigenvalue weighted by Gasteiger charge is -2.24. The Balaban J connectivity index is 1.88. The third kappa shape index (κ3) is 2.80. The van der Waals surface area contributed by atoms with Gasteiger partial charge < -0.3 is 15.0 Å². The van der Waals surface area contributed by atoms with Crippen molar-refractivity contribution in [2.45, 2.75) is 18.6 Å². The molecular formula is C15H14ClFN2O2. The van der Waals surface area contributed by atoms with Gasteiger partial charge in [-0.05, 0) is 30.2 Å². The highest BCUT2D eigenvalue weighted by atomic mass is 35.5. The van der Waals surface area contributed by atoms with Crippen molar-refractivity contribution in [3.63, 3.8) is 0 Å². The van der Waals surface area contributed by atoms with Gasteiger partial charge in [0.05, 0.1) is 17.2 Å². The van der Waals surface area contributed by atoms with Crippen molar-refractivity contribution < 1.29 is 14.3 Å². The van der Waals surface area contributed by atoms with Gasteiger partial charge in [0, 0.05) is 12.7 Å². The first kappa shape index (κ1) is 14.1. The molecule has 0 spiro atoms. The molecule has 1 amide bonds. The summed E-state index contributed by atoms with van der Waals surface area (Å²) in [5.74, 6) is -0.556. The van der Waals surface area contributed by atoms with Crippen LogP contribution in [0.3, 0.4) is 0 Å². The summed E-state index contributed by atoms with van der Waals surface area (Å²) in [5.41, 5.74) is 1.18. The minimum atomic E-state index is -0.588. The molecule has 1 aliphatic rings. The Kier molecular flexibility index (Phi) is 3.69. The predicted octanol–water partition coefficient (Wildman–Crippen LogP) is 2.76. The van der Waals surface area contributed by atoms with Crippen molar-refractivity contribution in [2.24, 2.45) is 0 Å². The number of benzene rings is 1. The molecule has 2 heterocycles. The molecule has 1 aromatic carbocycles. The number of nitrogens with one attached hydrogen (secondary N) is 1. The summed E-state index contributed by atoms with van der Waals surface area (Å²) in [4.78, 5) is 16.9. The molecule has 2 aromatic rings. The van der Waals surface area contributed by atoms with Gasteiger partial charge in [-0.15, -0.1) is 0 Å². The summed E-state index contributed by atoms with van der Waals surface area (Å²) >= 11 is 5.82. The van der Waals surface area contributed by atoms with E-state index in [-0.39, 0.29) is 24.3 Å². The second-order valence-corrected chi connectivity index (χ2v) is 5.58. The number of hydrogen-bond donors (Lipinski definition) is 2. The molecule has 0 bridgehead atoms. The third-order valence-corrected chi connectivity index (χ3v) is 3.89. The second kappa shape index (κ2) is 5.50. The average molecular weight is 309 g/mol. The molecule has 21 heavy (non-hydrogen) atoms. The van der Waals surface area contributed by atoms with Gasteiger partial charge in [0.2, 0.25) is 0 Å². The Bertz CT molecular complexity index is 656. The Morgan fingerprint density at radius 1 is 1.38 bits per heavy atom. The molecule has 0 radical (unpaired) electrons. The number of likely N-dealkylation sites (tertiary alicyclic amines) is 1. The summed E-state index contributed by atoms with van der Waals surface area (Å²) in [6, 6.07) is 7.27. The standard InChI is InChI=1S/C15H14ClFN2O2/c16-10-5-13(18-7-10)15(21)19-8-12(20)6-14(19)9-1-3-11(17)4-2-9/h1-5,7,12,14,18,20H,6,8H2/t12-,14-/m1/s1. The molecule has 6 heteroatoms. The van der Waals surface area contributed by atoms with Gasteiger partial charge in [-0.2, -0.15) is 0 Å². The number of hydrogen-bond acceptors (Lipinski definition) is 2. The molecule has 3 rings (SSSR count). The fourth-order valence-corrected chi connectivity index (χ4v) is 2.85. The van der Waals surface area contributed by atoms with Crippen LogP contribution in [0.1, 0.15) is 28.5 Å². The number of carbonyl (C=O) groups is 1. The number of H-pyrrole nitrogens is 1. The van der Waals surface area contributed by atoms with E-state index in [4.69, 9.17) is 11.6 Å². The molecule has 0 saturated carbocycles. The first-order valence-electron chi connectivity index (χ1n) is 6.63. The average Bonchev–Trinajstić information content (AvgIpc) is 3.05. The monoisotopic (exact) mass is 308 g/mol. The van der Waals surface area contributed by atoms with Crippen LogP contribution in [0.2, 0.25) is 5.02 Å². The van der Waals surface area contributed by atoms with Crippen LogP contribution in [0, 0.1) is 5.82 Å². The van der Waals surface area contributed by atoms with Gasteiger partial charge in [0.15, 0.2) is 0 Å². The van der Waals surface area contributed by atoms with E-state index in [2.05, 4.69) is 4.98 Å². The minimum absolute atomic E-state index is 0.229. The van der Waals surface area contributed by atoms with Crippen LogP contribution in [0.4, 0.5) is 4.39 Å². The molecule has 0 unspecified atom stereocenters. The first-order chi connectivity index (χ1) is 10.0. The number of nitrogens with zero attached hydrogens (tertiary/aromatic N) is 1. The predicted molar refractivity (Wildman–Crippen MR) is 76.6 cm³/mol. The zero-order chi connectivity index (χ0) is 15.0. The lowest BCUT2D eigenvalue weighted by Crippen LogP contribution is -2.32. The van der Waals surface area contributed by atoms with Gasteiger partial charge in [-0.3, -0.25) is 4.79 Å². The maximum Gasteiger partial charge on any atom is 0.270 e. The number of halogens is 2. The number of amides is 1. The largest absolute Gasteiger partial charge is 0.391 e. The normalized spacial score (nSPS) is 21.8. The third-order valence-electron chi connectivity index (χ3n) is 3.67. The lowest BCUT2D eigenvalue weighted by atomic mass is 10.0. The molecular weight excluding hydrogens is 295 g/mol. The molecule has 2 atom stereocenters. The summed E-state index contributed by atoms with van der Waals surface area (Å²) in [6.07, 6.45) is 1.38. The smallest absolute Gasteiger partial charge is 0.270 e. The van der Waals surface area contributed by atoms with Crippen molar-refractivity contribution in [2.75, 3.05) is 6.54 Å². The van der Waals surface area contributed by atoms with Crippen LogP contribution >= 0.6 is 11.6 Å². The maximum absolute atomic E-state index is 13.0. The number of rotatable bonds is 2. The number of aliphatic hydroxyl groups excluding tert-OH is 1. The Morgan fingerprint density at radius 2 is 2.10 bits per heavy atom. The first-order valence-corrected chi connectivity index (χ1v) is 7.01. The molecule has 1 saturated heterocycles. The Morgan fingerprint density at radius 3 is 2.71 bits per heavy atom. The molecule has 2 N–H and O–H groups in total. The van der Waals surface area contributed by atoms with Crippen LogP contribution in [-0.4, -0.2) is 33.5 Å². The lowest BCUT2D eigenvalue weighted by molar-refractivity contribution is 0.0710. The van der Waals surface area contributed by atoms with E-state index in [1.807, 2.05) is 0 Å². The van der Waals surface area contributed by atoms with Crippen molar-refractivity contribution in [1.29, 1.82) is 0 Å². The van der Waals surface area contributed by atoms with Crippen molar-refractivity contribution in [3.8, 4) is 0 Å². The minimum Gasteiger partial charge on any atom is -0.391 e. The van der Waals surface area contributed by atoms with Crippen LogP contribution in [-0.2, 0) is 0 Å². The van der Waals surface area contributed by atoms with Gasteiger partial charge in [-0.25, -0.2) is 4.39 Å². The number of aromatic amines is 1. The van der Waals surface area contributed by atoms with Crippen molar-refractivity contribution in [3.05, 3.63) is 58.6 Å². The van der Waals surface area contributed by atoms with E-state index >= 15 is 0 Å². The number of carbonyl (C=O) groups excluding carboxylic acids is 1. The van der Waals surface area contributed by atoms with E-state index < -0.39 is 6.10 Å². The van der Waals surface area contributed by atoms with E-state index in [1.165, 1.54) is 18.3 Å². The van der Waals surface area contributed by atoms with E-state index in [9.17, 15) is 14.3 Å². The molecule has 1 aromatic heterocycles. The van der Waals surface area contributed by atoms with Crippen LogP contribution < -0.4 is 0 Å². The fraction of sp³-hybridized carbons (Fsp3) is 0.267. The van der Waals surface area contributed by atoms with Gasteiger partial charge in [0.1, 0.15) is 11.5 Å². The quantitative estimate of drug-likeness (QED) is 0.896. The van der Waals surface area contributed by atoms with Crippen LogP contribution in [0.5, 0.6) is 0 Å². The highest BCUT2D eigenvalue weighted by Gasteiger charge is 2.36. The van der Waals surface area contributed by atoms with Gasteiger partial charge >= 0.3 is 0 Å². The number of aliphatic hydroxyl groups is 1. The number of β-amino-alcohol motifs (C(OH)–C–C–N with tert-alkyl or cyclic N) is 1. The maximum atomic E-state index is 13.0. The zero-order valence-electron chi connectivity index (χ0n) is 11.1. The zero-order valence-corrected chi connectivity index (χ0v) is 11.8. The van der Waals surface area contributed by atoms with E-state index in [1.54, 1.807) is 23.1 Å². The number of aromatic nitrogens is 1. The van der Waals surface area contributed by atoms with E-state index in [0.717, 1.165) is 5.56 Å². The molecule has 110 valence electrons. The molecule has 0 aliphatic carbocycles. The van der Waals surface area contributed by atoms with Crippen LogP contribution in [0.25, 0.3) is 0 Å². The highest BCUT2D eigenvalue weighted by Crippen LogP contribution is 2.33.